The SMILES string of the molecule is CC(C)(C)C(=O)NCCCC(=O)NC(CC1CCCc2ccccc21)C(=O)O. The maximum Gasteiger partial charge on any atom is 0.326 e. The number of amides is 2. The topological polar surface area (TPSA) is 95.5 Å². The van der Waals surface area contributed by atoms with Gasteiger partial charge in [0.2, 0.25) is 11.8 Å². The Balaban J connectivity index is 1.84. The first-order valence-electron chi connectivity index (χ1n) is 10.1. The summed E-state index contributed by atoms with van der Waals surface area (Å²) >= 11 is 0. The second kappa shape index (κ2) is 9.71. The number of carboxylic acids is 1. The van der Waals surface area contributed by atoms with Crippen molar-refractivity contribution < 1.29 is 19.5 Å². The van der Waals surface area contributed by atoms with Crippen LogP contribution in [0.1, 0.15) is 69.9 Å². The van der Waals surface area contributed by atoms with Crippen LogP contribution >= 0.6 is 0 Å². The summed E-state index contributed by atoms with van der Waals surface area (Å²) < 4.78 is 0. The van der Waals surface area contributed by atoms with Crippen LogP contribution in [-0.4, -0.2) is 35.5 Å². The fraction of sp³-hybridized carbons (Fsp3) is 0.591. The molecular weight excluding hydrogens is 356 g/mol. The van der Waals surface area contributed by atoms with E-state index < -0.39 is 17.4 Å². The number of nitrogens with one attached hydrogen (secondary N) is 2. The summed E-state index contributed by atoms with van der Waals surface area (Å²) in [4.78, 5) is 35.7. The van der Waals surface area contributed by atoms with Gasteiger partial charge in [0.1, 0.15) is 6.04 Å². The van der Waals surface area contributed by atoms with Crippen LogP contribution in [0, 0.1) is 5.41 Å². The minimum Gasteiger partial charge on any atom is -0.480 e. The molecule has 3 N–H and O–H groups in total. The predicted octanol–water partition coefficient (Wildman–Crippen LogP) is 3.01. The van der Waals surface area contributed by atoms with E-state index in [1.807, 2.05) is 32.9 Å². The van der Waals surface area contributed by atoms with Crippen molar-refractivity contribution in [2.45, 2.75) is 71.3 Å². The normalized spacial score (nSPS) is 17.3. The van der Waals surface area contributed by atoms with Crippen molar-refractivity contribution in [3.05, 3.63) is 35.4 Å². The third kappa shape index (κ3) is 6.36. The van der Waals surface area contributed by atoms with E-state index in [0.29, 0.717) is 19.4 Å². The van der Waals surface area contributed by atoms with Gasteiger partial charge in [0.25, 0.3) is 0 Å². The van der Waals surface area contributed by atoms with E-state index in [1.54, 1.807) is 0 Å². The molecule has 0 fully saturated rings. The van der Waals surface area contributed by atoms with Gasteiger partial charge in [0.15, 0.2) is 0 Å². The number of benzene rings is 1. The van der Waals surface area contributed by atoms with Crippen molar-refractivity contribution in [1.82, 2.24) is 10.6 Å². The molecule has 2 amide bonds. The highest BCUT2D eigenvalue weighted by Gasteiger charge is 2.28. The van der Waals surface area contributed by atoms with Crippen LogP contribution in [0.15, 0.2) is 24.3 Å². The van der Waals surface area contributed by atoms with Crippen molar-refractivity contribution in [3.8, 4) is 0 Å². The average molecular weight is 389 g/mol. The number of carboxylic acid groups (broad SMARTS) is 1. The van der Waals surface area contributed by atoms with Crippen LogP contribution in [0.5, 0.6) is 0 Å². The molecule has 2 rings (SSSR count). The monoisotopic (exact) mass is 388 g/mol. The lowest BCUT2D eigenvalue weighted by molar-refractivity contribution is -0.142. The summed E-state index contributed by atoms with van der Waals surface area (Å²) in [6.45, 7) is 5.89. The minimum absolute atomic E-state index is 0.0627. The molecule has 1 aliphatic carbocycles. The molecule has 2 atom stereocenters. The lowest BCUT2D eigenvalue weighted by Crippen LogP contribution is -2.42. The summed E-state index contributed by atoms with van der Waals surface area (Å²) in [5.74, 6) is -1.20. The Labute approximate surface area is 167 Å². The Kier molecular flexibility index (Phi) is 7.61. The number of rotatable bonds is 8. The van der Waals surface area contributed by atoms with Gasteiger partial charge in [-0.15, -0.1) is 0 Å². The van der Waals surface area contributed by atoms with Crippen LogP contribution in [0.2, 0.25) is 0 Å². The van der Waals surface area contributed by atoms with E-state index in [1.165, 1.54) is 11.1 Å². The fourth-order valence-corrected chi connectivity index (χ4v) is 3.59. The molecule has 0 aliphatic heterocycles. The molecule has 0 aromatic heterocycles. The minimum atomic E-state index is -1.00. The van der Waals surface area contributed by atoms with Crippen LogP contribution in [0.25, 0.3) is 0 Å². The second-order valence-electron chi connectivity index (χ2n) is 8.59. The van der Waals surface area contributed by atoms with Gasteiger partial charge in [-0.1, -0.05) is 45.0 Å². The predicted molar refractivity (Wildman–Crippen MR) is 108 cm³/mol. The summed E-state index contributed by atoms with van der Waals surface area (Å²) in [5, 5.41) is 15.0. The quantitative estimate of drug-likeness (QED) is 0.597. The number of hydrogen-bond acceptors (Lipinski definition) is 3. The van der Waals surface area contributed by atoms with Gasteiger partial charge in [-0.2, -0.15) is 0 Å². The van der Waals surface area contributed by atoms with Crippen molar-refractivity contribution in [2.24, 2.45) is 5.41 Å². The molecule has 1 aromatic rings. The van der Waals surface area contributed by atoms with Crippen molar-refractivity contribution in [2.75, 3.05) is 6.54 Å². The third-order valence-electron chi connectivity index (χ3n) is 5.19. The molecule has 0 heterocycles. The number of carbonyl (C=O) groups is 3. The summed E-state index contributed by atoms with van der Waals surface area (Å²) in [6.07, 6.45) is 4.07. The lowest BCUT2D eigenvalue weighted by Gasteiger charge is -2.28. The van der Waals surface area contributed by atoms with Crippen molar-refractivity contribution in [3.63, 3.8) is 0 Å². The molecule has 0 spiro atoms. The lowest BCUT2D eigenvalue weighted by atomic mass is 9.79. The molecule has 1 aliphatic rings. The smallest absolute Gasteiger partial charge is 0.326 e. The highest BCUT2D eigenvalue weighted by Crippen LogP contribution is 2.34. The highest BCUT2D eigenvalue weighted by molar-refractivity contribution is 5.84. The Morgan fingerprint density at radius 3 is 2.61 bits per heavy atom. The number of hydrogen-bond donors (Lipinski definition) is 3. The van der Waals surface area contributed by atoms with E-state index in [-0.39, 0.29) is 24.2 Å². The molecule has 0 radical (unpaired) electrons. The molecule has 2 unspecified atom stereocenters. The van der Waals surface area contributed by atoms with Gasteiger partial charge < -0.3 is 15.7 Å². The first kappa shape index (κ1) is 21.9. The zero-order valence-corrected chi connectivity index (χ0v) is 17.1. The van der Waals surface area contributed by atoms with Gasteiger partial charge in [-0.3, -0.25) is 9.59 Å². The van der Waals surface area contributed by atoms with E-state index in [2.05, 4.69) is 22.8 Å². The molecule has 0 saturated carbocycles. The Hall–Kier alpha value is -2.37. The zero-order chi connectivity index (χ0) is 20.7. The Bertz CT molecular complexity index is 709. The van der Waals surface area contributed by atoms with Crippen LogP contribution in [-0.2, 0) is 20.8 Å². The maximum absolute atomic E-state index is 12.2. The summed E-state index contributed by atoms with van der Waals surface area (Å²) in [7, 11) is 0. The van der Waals surface area contributed by atoms with Crippen LogP contribution in [0.3, 0.4) is 0 Å². The van der Waals surface area contributed by atoms with Crippen molar-refractivity contribution >= 4 is 17.8 Å². The Morgan fingerprint density at radius 1 is 1.21 bits per heavy atom. The first-order chi connectivity index (χ1) is 13.2. The van der Waals surface area contributed by atoms with Gasteiger partial charge in [-0.05, 0) is 49.1 Å². The van der Waals surface area contributed by atoms with Gasteiger partial charge >= 0.3 is 5.97 Å². The van der Waals surface area contributed by atoms with Crippen LogP contribution in [0.4, 0.5) is 0 Å². The fourth-order valence-electron chi connectivity index (χ4n) is 3.59. The van der Waals surface area contributed by atoms with E-state index >= 15 is 0 Å². The number of aliphatic carboxylic acids is 1. The molecule has 0 bridgehead atoms. The third-order valence-corrected chi connectivity index (χ3v) is 5.19. The van der Waals surface area contributed by atoms with Gasteiger partial charge in [0.05, 0.1) is 0 Å². The number of fused-ring (bicyclic) bond motifs is 1. The van der Waals surface area contributed by atoms with Gasteiger partial charge in [0, 0.05) is 18.4 Å². The van der Waals surface area contributed by atoms with E-state index in [9.17, 15) is 19.5 Å². The van der Waals surface area contributed by atoms with Crippen molar-refractivity contribution in [1.29, 1.82) is 0 Å². The summed E-state index contributed by atoms with van der Waals surface area (Å²) in [6, 6.07) is 7.26. The zero-order valence-electron chi connectivity index (χ0n) is 17.1. The first-order valence-corrected chi connectivity index (χ1v) is 10.1. The summed E-state index contributed by atoms with van der Waals surface area (Å²) in [5.41, 5.74) is 2.02. The van der Waals surface area contributed by atoms with E-state index in [0.717, 1.165) is 19.3 Å². The Morgan fingerprint density at radius 2 is 1.93 bits per heavy atom. The molecule has 0 saturated heterocycles. The molecule has 1 aromatic carbocycles. The number of aryl methyl sites for hydroxylation is 1. The number of carbonyl (C=O) groups excluding carboxylic acids is 2. The molecule has 28 heavy (non-hydrogen) atoms. The molecule has 6 nitrogen and oxygen atoms in total. The molecule has 154 valence electrons. The molecule has 6 heteroatoms. The highest BCUT2D eigenvalue weighted by atomic mass is 16.4. The standard InChI is InChI=1S/C22H32N2O4/c1-22(2,3)21(28)23-13-7-12-19(25)24-18(20(26)27)14-16-10-6-9-15-8-4-5-11-17(15)16/h4-5,8,11,16,18H,6-7,9-10,12-14H2,1-3H3,(H,23,28)(H,24,25)(H,26,27). The second-order valence-corrected chi connectivity index (χ2v) is 8.59. The van der Waals surface area contributed by atoms with Gasteiger partial charge in [-0.25, -0.2) is 4.79 Å². The van der Waals surface area contributed by atoms with E-state index in [4.69, 9.17) is 0 Å². The largest absolute Gasteiger partial charge is 0.480 e. The average Bonchev–Trinajstić information content (AvgIpc) is 2.64. The van der Waals surface area contributed by atoms with Crippen LogP contribution < -0.4 is 10.6 Å². The molecular formula is C22H32N2O4. The maximum atomic E-state index is 12.2.